The van der Waals surface area contributed by atoms with Crippen LogP contribution < -0.4 is 10.0 Å². The van der Waals surface area contributed by atoms with E-state index in [1.165, 1.54) is 18.2 Å². The number of halogens is 1. The minimum Gasteiger partial charge on any atom is -0.338 e. The number of aryl methyl sites for hydroxylation is 1. The van der Waals surface area contributed by atoms with E-state index in [0.29, 0.717) is 27.8 Å². The maximum atomic E-state index is 12.9. The van der Waals surface area contributed by atoms with Crippen LogP contribution in [0.4, 0.5) is 11.4 Å². The molecule has 3 N–H and O–H groups in total. The fourth-order valence-electron chi connectivity index (χ4n) is 3.93. The average Bonchev–Trinajstić information content (AvgIpc) is 3.34. The number of aromatic amines is 1. The topological polar surface area (TPSA) is 104 Å². The van der Waals surface area contributed by atoms with Crippen LogP contribution in [0.15, 0.2) is 102 Å². The minimum absolute atomic E-state index is 0.0721. The number of nitrogens with zero attached hydrogens (tertiary/aromatic N) is 1. The van der Waals surface area contributed by atoms with Gasteiger partial charge in [0.05, 0.1) is 21.6 Å². The SMILES string of the molecule is Cc1cc(NS(=O)(=O)c2cccc(/C=C/C(=O)Nc3ccccc3-c3nc4ccccc4[nH]3)c2)ccc1Cl. The number of aromatic nitrogens is 2. The Kier molecular flexibility index (Phi) is 7.00. The molecule has 1 heterocycles. The van der Waals surface area contributed by atoms with Crippen LogP contribution in [-0.2, 0) is 14.8 Å². The molecule has 0 atom stereocenters. The first-order valence-electron chi connectivity index (χ1n) is 11.7. The van der Waals surface area contributed by atoms with E-state index in [1.807, 2.05) is 42.5 Å². The Bertz CT molecular complexity index is 1760. The van der Waals surface area contributed by atoms with Gasteiger partial charge in [-0.05, 0) is 78.7 Å². The third-order valence-electron chi connectivity index (χ3n) is 5.84. The highest BCUT2D eigenvalue weighted by atomic mass is 35.5. The molecule has 190 valence electrons. The molecular formula is C29H23ClN4O3S. The molecule has 0 radical (unpaired) electrons. The number of carbonyl (C=O) groups is 1. The molecule has 0 aliphatic carbocycles. The van der Waals surface area contributed by atoms with Crippen molar-refractivity contribution >= 4 is 56.0 Å². The Morgan fingerprint density at radius 1 is 0.947 bits per heavy atom. The lowest BCUT2D eigenvalue weighted by Crippen LogP contribution is -2.13. The molecule has 1 amide bonds. The van der Waals surface area contributed by atoms with Gasteiger partial charge in [-0.3, -0.25) is 9.52 Å². The second-order valence-electron chi connectivity index (χ2n) is 8.61. The number of carbonyl (C=O) groups excluding carboxylic acids is 1. The summed E-state index contributed by atoms with van der Waals surface area (Å²) < 4.78 is 28.4. The third-order valence-corrected chi connectivity index (χ3v) is 7.64. The normalized spacial score (nSPS) is 11.6. The molecule has 0 aliphatic rings. The highest BCUT2D eigenvalue weighted by Gasteiger charge is 2.15. The van der Waals surface area contributed by atoms with Crippen LogP contribution in [0.5, 0.6) is 0 Å². The lowest BCUT2D eigenvalue weighted by Gasteiger charge is -2.10. The summed E-state index contributed by atoms with van der Waals surface area (Å²) >= 11 is 6.04. The van der Waals surface area contributed by atoms with Crippen molar-refractivity contribution in [1.82, 2.24) is 9.97 Å². The molecule has 0 saturated heterocycles. The van der Waals surface area contributed by atoms with Crippen LogP contribution in [0.3, 0.4) is 0 Å². The molecule has 0 bridgehead atoms. The van der Waals surface area contributed by atoms with E-state index < -0.39 is 10.0 Å². The number of sulfonamides is 1. The monoisotopic (exact) mass is 542 g/mol. The summed E-state index contributed by atoms with van der Waals surface area (Å²) in [5.41, 5.74) is 4.81. The van der Waals surface area contributed by atoms with E-state index in [0.717, 1.165) is 22.2 Å². The second kappa shape index (κ2) is 10.5. The van der Waals surface area contributed by atoms with Gasteiger partial charge < -0.3 is 10.3 Å². The zero-order chi connectivity index (χ0) is 26.7. The zero-order valence-corrected chi connectivity index (χ0v) is 21.8. The average molecular weight is 543 g/mol. The van der Waals surface area contributed by atoms with E-state index in [2.05, 4.69) is 20.0 Å². The van der Waals surface area contributed by atoms with E-state index in [4.69, 9.17) is 11.6 Å². The van der Waals surface area contributed by atoms with E-state index in [9.17, 15) is 13.2 Å². The quantitative estimate of drug-likeness (QED) is 0.200. The summed E-state index contributed by atoms with van der Waals surface area (Å²) in [6.07, 6.45) is 2.92. The number of hydrogen-bond donors (Lipinski definition) is 3. The van der Waals surface area contributed by atoms with Crippen molar-refractivity contribution < 1.29 is 13.2 Å². The highest BCUT2D eigenvalue weighted by molar-refractivity contribution is 7.92. The number of imidazole rings is 1. The Hall–Kier alpha value is -4.40. The fraction of sp³-hybridized carbons (Fsp3) is 0.0345. The van der Waals surface area contributed by atoms with E-state index in [-0.39, 0.29) is 10.8 Å². The van der Waals surface area contributed by atoms with Gasteiger partial charge in [-0.1, -0.05) is 48.0 Å². The van der Waals surface area contributed by atoms with Crippen molar-refractivity contribution in [2.75, 3.05) is 10.0 Å². The molecule has 7 nitrogen and oxygen atoms in total. The first-order chi connectivity index (χ1) is 18.3. The molecule has 0 saturated carbocycles. The lowest BCUT2D eigenvalue weighted by atomic mass is 10.1. The van der Waals surface area contributed by atoms with Crippen LogP contribution in [-0.4, -0.2) is 24.3 Å². The smallest absolute Gasteiger partial charge is 0.261 e. The van der Waals surface area contributed by atoms with Crippen LogP contribution in [0, 0.1) is 6.92 Å². The molecule has 1 aromatic heterocycles. The molecule has 5 rings (SSSR count). The Balaban J connectivity index is 1.32. The van der Waals surface area contributed by atoms with Gasteiger partial charge in [0, 0.05) is 22.3 Å². The molecule has 9 heteroatoms. The minimum atomic E-state index is -3.84. The Morgan fingerprint density at radius 3 is 2.55 bits per heavy atom. The molecule has 0 aliphatic heterocycles. The number of fused-ring (bicyclic) bond motifs is 1. The summed E-state index contributed by atoms with van der Waals surface area (Å²) in [5, 5.41) is 3.44. The number of hydrogen-bond acceptors (Lipinski definition) is 4. The Labute approximate surface area is 225 Å². The Morgan fingerprint density at radius 2 is 1.74 bits per heavy atom. The largest absolute Gasteiger partial charge is 0.338 e. The van der Waals surface area contributed by atoms with E-state index >= 15 is 0 Å². The van der Waals surface area contributed by atoms with Gasteiger partial charge in [0.15, 0.2) is 0 Å². The summed E-state index contributed by atoms with van der Waals surface area (Å²) in [7, 11) is -3.84. The summed E-state index contributed by atoms with van der Waals surface area (Å²) in [6.45, 7) is 1.80. The molecule has 38 heavy (non-hydrogen) atoms. The van der Waals surface area contributed by atoms with Crippen molar-refractivity contribution in [1.29, 1.82) is 0 Å². The zero-order valence-electron chi connectivity index (χ0n) is 20.3. The molecular weight excluding hydrogens is 520 g/mol. The van der Waals surface area contributed by atoms with Crippen molar-refractivity contribution in [3.8, 4) is 11.4 Å². The predicted molar refractivity (Wildman–Crippen MR) is 153 cm³/mol. The summed E-state index contributed by atoms with van der Waals surface area (Å²) in [5.74, 6) is 0.281. The standard InChI is InChI=1S/C29H23ClN4O3S/c1-19-17-21(14-15-24(19)30)34-38(36,37)22-8-6-7-20(18-22)13-16-28(35)31-25-10-3-2-9-23(25)29-32-26-11-4-5-12-27(26)33-29/h2-18,34H,1H3,(H,31,35)(H,32,33)/b16-13+. The number of H-pyrrole nitrogens is 1. The molecule has 0 unspecified atom stereocenters. The predicted octanol–water partition coefficient (Wildman–Crippen LogP) is 6.64. The van der Waals surface area contributed by atoms with Crippen LogP contribution >= 0.6 is 11.6 Å². The first kappa shape index (κ1) is 25.3. The number of benzene rings is 4. The summed E-state index contributed by atoms with van der Waals surface area (Å²) in [4.78, 5) is 20.7. The number of amides is 1. The fourth-order valence-corrected chi connectivity index (χ4v) is 5.15. The maximum absolute atomic E-state index is 12.9. The van der Waals surface area contributed by atoms with Gasteiger partial charge in [-0.25, -0.2) is 13.4 Å². The summed E-state index contributed by atoms with van der Waals surface area (Å²) in [6, 6.07) is 26.3. The molecule has 0 fully saturated rings. The third kappa shape index (κ3) is 5.61. The van der Waals surface area contributed by atoms with Crippen LogP contribution in [0.1, 0.15) is 11.1 Å². The van der Waals surface area contributed by atoms with Gasteiger partial charge in [-0.2, -0.15) is 0 Å². The first-order valence-corrected chi connectivity index (χ1v) is 13.6. The van der Waals surface area contributed by atoms with Gasteiger partial charge in [0.1, 0.15) is 5.82 Å². The molecule has 5 aromatic rings. The molecule has 4 aromatic carbocycles. The van der Waals surface area contributed by atoms with Gasteiger partial charge in [0.25, 0.3) is 10.0 Å². The van der Waals surface area contributed by atoms with Crippen molar-refractivity contribution in [3.05, 3.63) is 113 Å². The van der Waals surface area contributed by atoms with E-state index in [1.54, 1.807) is 49.4 Å². The number of nitrogens with one attached hydrogen (secondary N) is 3. The maximum Gasteiger partial charge on any atom is 0.261 e. The van der Waals surface area contributed by atoms with Gasteiger partial charge in [0.2, 0.25) is 5.91 Å². The number of rotatable bonds is 7. The lowest BCUT2D eigenvalue weighted by molar-refractivity contribution is -0.111. The van der Waals surface area contributed by atoms with Crippen LogP contribution in [0.2, 0.25) is 5.02 Å². The van der Waals surface area contributed by atoms with Crippen LogP contribution in [0.25, 0.3) is 28.5 Å². The second-order valence-corrected chi connectivity index (χ2v) is 10.7. The highest BCUT2D eigenvalue weighted by Crippen LogP contribution is 2.28. The van der Waals surface area contributed by atoms with Gasteiger partial charge in [-0.15, -0.1) is 0 Å². The van der Waals surface area contributed by atoms with Crippen molar-refractivity contribution in [2.45, 2.75) is 11.8 Å². The van der Waals surface area contributed by atoms with Gasteiger partial charge >= 0.3 is 0 Å². The van der Waals surface area contributed by atoms with Crippen molar-refractivity contribution in [3.63, 3.8) is 0 Å². The molecule has 0 spiro atoms. The number of anilines is 2. The van der Waals surface area contributed by atoms with Crippen molar-refractivity contribution in [2.24, 2.45) is 0 Å². The number of para-hydroxylation sites is 3.